The molecular formula is C21H22ClN3O3S. The highest BCUT2D eigenvalue weighted by molar-refractivity contribution is 7.88. The minimum atomic E-state index is -3.57. The lowest BCUT2D eigenvalue weighted by atomic mass is 10.1. The fourth-order valence-corrected chi connectivity index (χ4v) is 4.03. The SMILES string of the molecule is Cc1ccc(C)n1-c1ccc(Cl)c(C(=O)NCc2ccc(CS(N)(=O)=O)cc2)c1. The molecule has 0 fully saturated rings. The summed E-state index contributed by atoms with van der Waals surface area (Å²) in [5.74, 6) is -0.506. The molecule has 0 saturated carbocycles. The van der Waals surface area contributed by atoms with Crippen LogP contribution < -0.4 is 10.5 Å². The summed E-state index contributed by atoms with van der Waals surface area (Å²) in [6, 6.07) is 16.3. The zero-order chi connectivity index (χ0) is 21.2. The molecule has 0 radical (unpaired) electrons. The Balaban J connectivity index is 1.73. The Morgan fingerprint density at radius 1 is 1.00 bits per heavy atom. The minimum Gasteiger partial charge on any atom is -0.348 e. The van der Waals surface area contributed by atoms with E-state index >= 15 is 0 Å². The lowest BCUT2D eigenvalue weighted by molar-refractivity contribution is 0.0951. The molecular weight excluding hydrogens is 410 g/mol. The van der Waals surface area contributed by atoms with E-state index in [-0.39, 0.29) is 18.2 Å². The Morgan fingerprint density at radius 2 is 1.59 bits per heavy atom. The lowest BCUT2D eigenvalue weighted by Crippen LogP contribution is -2.23. The molecule has 0 aliphatic rings. The van der Waals surface area contributed by atoms with Gasteiger partial charge in [-0.2, -0.15) is 0 Å². The zero-order valence-corrected chi connectivity index (χ0v) is 17.7. The highest BCUT2D eigenvalue weighted by Crippen LogP contribution is 2.23. The first-order valence-corrected chi connectivity index (χ1v) is 11.0. The van der Waals surface area contributed by atoms with Crippen LogP contribution in [0.15, 0.2) is 54.6 Å². The van der Waals surface area contributed by atoms with Crippen LogP contribution >= 0.6 is 11.6 Å². The van der Waals surface area contributed by atoms with Crippen LogP contribution in [0, 0.1) is 13.8 Å². The Labute approximate surface area is 175 Å². The topological polar surface area (TPSA) is 94.2 Å². The van der Waals surface area contributed by atoms with Crippen molar-refractivity contribution in [2.45, 2.75) is 26.1 Å². The Bertz CT molecular complexity index is 1130. The number of nitrogens with two attached hydrogens (primary N) is 1. The smallest absolute Gasteiger partial charge is 0.253 e. The number of aromatic nitrogens is 1. The van der Waals surface area contributed by atoms with Crippen molar-refractivity contribution in [3.05, 3.63) is 87.7 Å². The van der Waals surface area contributed by atoms with E-state index in [4.69, 9.17) is 16.7 Å². The van der Waals surface area contributed by atoms with E-state index in [0.717, 1.165) is 22.6 Å². The predicted molar refractivity (Wildman–Crippen MR) is 115 cm³/mol. The van der Waals surface area contributed by atoms with Crippen molar-refractivity contribution in [3.8, 4) is 5.69 Å². The van der Waals surface area contributed by atoms with Gasteiger partial charge in [-0.15, -0.1) is 0 Å². The van der Waals surface area contributed by atoms with Gasteiger partial charge < -0.3 is 9.88 Å². The largest absolute Gasteiger partial charge is 0.348 e. The maximum absolute atomic E-state index is 12.7. The first-order chi connectivity index (χ1) is 13.6. The molecule has 3 rings (SSSR count). The minimum absolute atomic E-state index is 0.222. The van der Waals surface area contributed by atoms with E-state index in [1.807, 2.05) is 32.0 Å². The summed E-state index contributed by atoms with van der Waals surface area (Å²) >= 11 is 6.26. The normalized spacial score (nSPS) is 11.4. The number of nitrogens with one attached hydrogen (secondary N) is 1. The van der Waals surface area contributed by atoms with Crippen molar-refractivity contribution >= 4 is 27.5 Å². The van der Waals surface area contributed by atoms with Gasteiger partial charge in [0, 0.05) is 23.6 Å². The van der Waals surface area contributed by atoms with Gasteiger partial charge in [0.05, 0.1) is 16.3 Å². The molecule has 0 unspecified atom stereocenters. The summed E-state index contributed by atoms with van der Waals surface area (Å²) < 4.78 is 24.4. The fourth-order valence-electron chi connectivity index (χ4n) is 3.17. The van der Waals surface area contributed by atoms with Crippen molar-refractivity contribution < 1.29 is 13.2 Å². The van der Waals surface area contributed by atoms with Crippen LogP contribution in [-0.4, -0.2) is 18.9 Å². The fraction of sp³-hybridized carbons (Fsp3) is 0.190. The summed E-state index contributed by atoms with van der Waals surface area (Å²) in [5, 5.41) is 8.27. The van der Waals surface area contributed by atoms with Crippen LogP contribution in [0.25, 0.3) is 5.69 Å². The summed E-state index contributed by atoms with van der Waals surface area (Å²) in [4.78, 5) is 12.7. The van der Waals surface area contributed by atoms with Crippen molar-refractivity contribution in [2.75, 3.05) is 0 Å². The number of rotatable bonds is 6. The Morgan fingerprint density at radius 3 is 2.17 bits per heavy atom. The highest BCUT2D eigenvalue weighted by atomic mass is 35.5. The standard InChI is InChI=1S/C21H22ClN3O3S/c1-14-3-4-15(2)25(14)18-9-10-20(22)19(11-18)21(26)24-12-16-5-7-17(8-6-16)13-29(23,27)28/h3-11H,12-13H2,1-2H3,(H,24,26)(H2,23,27,28). The molecule has 3 N–H and O–H groups in total. The van der Waals surface area contributed by atoms with Crippen LogP contribution in [0.3, 0.4) is 0 Å². The Hall–Kier alpha value is -2.61. The number of carbonyl (C=O) groups is 1. The van der Waals surface area contributed by atoms with Gasteiger partial charge in [0.1, 0.15) is 0 Å². The van der Waals surface area contributed by atoms with Crippen LogP contribution in [0.2, 0.25) is 5.02 Å². The van der Waals surface area contributed by atoms with E-state index < -0.39 is 10.0 Å². The van der Waals surface area contributed by atoms with Gasteiger partial charge in [-0.1, -0.05) is 35.9 Å². The summed E-state index contributed by atoms with van der Waals surface area (Å²) in [6.07, 6.45) is 0. The maximum atomic E-state index is 12.7. The molecule has 0 bridgehead atoms. The van der Waals surface area contributed by atoms with Gasteiger partial charge in [0.25, 0.3) is 5.91 Å². The number of carbonyl (C=O) groups excluding carboxylic acids is 1. The summed E-state index contributed by atoms with van der Waals surface area (Å²) in [7, 11) is -3.57. The van der Waals surface area contributed by atoms with Gasteiger partial charge in [-0.3, -0.25) is 4.79 Å². The van der Waals surface area contributed by atoms with Gasteiger partial charge in [0.2, 0.25) is 10.0 Å². The third-order valence-electron chi connectivity index (χ3n) is 4.57. The molecule has 0 aliphatic heterocycles. The third-order valence-corrected chi connectivity index (χ3v) is 5.63. The van der Waals surface area contributed by atoms with E-state index in [2.05, 4.69) is 9.88 Å². The number of sulfonamides is 1. The van der Waals surface area contributed by atoms with Gasteiger partial charge in [-0.05, 0) is 55.3 Å². The number of hydrogen-bond donors (Lipinski definition) is 2. The van der Waals surface area contributed by atoms with Gasteiger partial charge >= 0.3 is 0 Å². The lowest BCUT2D eigenvalue weighted by Gasteiger charge is -2.13. The predicted octanol–water partition coefficient (Wildman–Crippen LogP) is 3.47. The monoisotopic (exact) mass is 431 g/mol. The molecule has 8 heteroatoms. The van der Waals surface area contributed by atoms with Crippen LogP contribution in [-0.2, 0) is 22.3 Å². The highest BCUT2D eigenvalue weighted by Gasteiger charge is 2.13. The zero-order valence-electron chi connectivity index (χ0n) is 16.1. The van der Waals surface area contributed by atoms with Crippen LogP contribution in [0.4, 0.5) is 0 Å². The number of benzene rings is 2. The number of nitrogens with zero attached hydrogens (tertiary/aromatic N) is 1. The van der Waals surface area contributed by atoms with Crippen LogP contribution in [0.1, 0.15) is 32.9 Å². The van der Waals surface area contributed by atoms with E-state index in [9.17, 15) is 13.2 Å². The first kappa shape index (κ1) is 21.1. The summed E-state index contributed by atoms with van der Waals surface area (Å²) in [5.41, 5.74) is 4.82. The van der Waals surface area contributed by atoms with Gasteiger partial charge in [0.15, 0.2) is 0 Å². The molecule has 152 valence electrons. The third kappa shape index (κ3) is 5.26. The molecule has 1 amide bonds. The quantitative estimate of drug-likeness (QED) is 0.625. The second kappa shape index (κ2) is 8.41. The number of hydrogen-bond acceptors (Lipinski definition) is 3. The second-order valence-corrected chi connectivity index (χ2v) is 8.94. The van der Waals surface area contributed by atoms with Crippen molar-refractivity contribution in [1.82, 2.24) is 9.88 Å². The van der Waals surface area contributed by atoms with E-state index in [1.165, 1.54) is 0 Å². The van der Waals surface area contributed by atoms with E-state index in [0.29, 0.717) is 16.1 Å². The second-order valence-electron chi connectivity index (χ2n) is 6.92. The molecule has 3 aromatic rings. The average molecular weight is 432 g/mol. The molecule has 0 aliphatic carbocycles. The molecule has 0 atom stereocenters. The maximum Gasteiger partial charge on any atom is 0.253 e. The molecule has 1 heterocycles. The van der Waals surface area contributed by atoms with Crippen molar-refractivity contribution in [1.29, 1.82) is 0 Å². The first-order valence-electron chi connectivity index (χ1n) is 8.95. The Kier molecular flexibility index (Phi) is 6.12. The van der Waals surface area contributed by atoms with Crippen molar-refractivity contribution in [2.24, 2.45) is 5.14 Å². The number of primary sulfonamides is 1. The number of aryl methyl sites for hydroxylation is 2. The molecule has 0 spiro atoms. The number of halogens is 1. The molecule has 6 nitrogen and oxygen atoms in total. The average Bonchev–Trinajstić information content (AvgIpc) is 2.98. The molecule has 0 saturated heterocycles. The summed E-state index contributed by atoms with van der Waals surface area (Å²) in [6.45, 7) is 4.29. The van der Waals surface area contributed by atoms with Gasteiger partial charge in [-0.25, -0.2) is 13.6 Å². The molecule has 1 aromatic heterocycles. The number of amides is 1. The van der Waals surface area contributed by atoms with Crippen molar-refractivity contribution in [3.63, 3.8) is 0 Å². The molecule has 2 aromatic carbocycles. The van der Waals surface area contributed by atoms with Crippen LogP contribution in [0.5, 0.6) is 0 Å². The van der Waals surface area contributed by atoms with E-state index in [1.54, 1.807) is 36.4 Å². The molecule has 29 heavy (non-hydrogen) atoms.